The molecule has 0 saturated heterocycles. The molecule has 0 unspecified atom stereocenters. The standard InChI is InChI=1S/C21H16ClN3OS/c1-14-7-9-16(10-8-14)23-21(26)19-13-18(20-6-3-11-27-20)24-25(19)17-5-2-4-15(22)12-17/h2-13H,1H3,(H,23,26). The summed E-state index contributed by atoms with van der Waals surface area (Å²) >= 11 is 7.72. The van der Waals surface area contributed by atoms with Crippen molar-refractivity contribution >= 4 is 34.5 Å². The SMILES string of the molecule is Cc1ccc(NC(=O)c2cc(-c3cccs3)nn2-c2cccc(Cl)c2)cc1. The highest BCUT2D eigenvalue weighted by molar-refractivity contribution is 7.13. The third kappa shape index (κ3) is 3.79. The van der Waals surface area contributed by atoms with Crippen molar-refractivity contribution in [3.8, 4) is 16.3 Å². The Labute approximate surface area is 166 Å². The Balaban J connectivity index is 1.75. The number of halogens is 1. The van der Waals surface area contributed by atoms with E-state index in [4.69, 9.17) is 11.6 Å². The molecule has 0 aliphatic heterocycles. The van der Waals surface area contributed by atoms with E-state index in [0.717, 1.165) is 27.5 Å². The van der Waals surface area contributed by atoms with Gasteiger partial charge in [0.15, 0.2) is 0 Å². The lowest BCUT2D eigenvalue weighted by Gasteiger charge is -2.09. The molecule has 0 atom stereocenters. The van der Waals surface area contributed by atoms with Crippen LogP contribution in [0.2, 0.25) is 5.02 Å². The molecule has 0 spiro atoms. The van der Waals surface area contributed by atoms with Crippen molar-refractivity contribution < 1.29 is 4.79 Å². The second-order valence-corrected chi connectivity index (χ2v) is 7.49. The number of amides is 1. The van der Waals surface area contributed by atoms with Crippen molar-refractivity contribution in [2.24, 2.45) is 0 Å². The van der Waals surface area contributed by atoms with Gasteiger partial charge >= 0.3 is 0 Å². The molecule has 2 aromatic carbocycles. The zero-order chi connectivity index (χ0) is 18.8. The van der Waals surface area contributed by atoms with Gasteiger partial charge < -0.3 is 5.32 Å². The molecule has 134 valence electrons. The van der Waals surface area contributed by atoms with Crippen LogP contribution >= 0.6 is 22.9 Å². The number of rotatable bonds is 4. The van der Waals surface area contributed by atoms with Crippen LogP contribution in [0.1, 0.15) is 16.1 Å². The molecule has 0 fully saturated rings. The number of benzene rings is 2. The van der Waals surface area contributed by atoms with Gasteiger partial charge in [-0.05, 0) is 54.8 Å². The molecule has 0 saturated carbocycles. The summed E-state index contributed by atoms with van der Waals surface area (Å²) in [5.74, 6) is -0.228. The number of nitrogens with one attached hydrogen (secondary N) is 1. The van der Waals surface area contributed by atoms with E-state index >= 15 is 0 Å². The normalized spacial score (nSPS) is 10.7. The highest BCUT2D eigenvalue weighted by atomic mass is 35.5. The maximum absolute atomic E-state index is 13.0. The fourth-order valence-corrected chi connectivity index (χ4v) is 3.59. The molecule has 2 heterocycles. The highest BCUT2D eigenvalue weighted by Gasteiger charge is 2.18. The van der Waals surface area contributed by atoms with Crippen molar-refractivity contribution in [1.82, 2.24) is 9.78 Å². The first-order valence-corrected chi connectivity index (χ1v) is 9.64. The van der Waals surface area contributed by atoms with Crippen LogP contribution in [-0.4, -0.2) is 15.7 Å². The molecule has 2 aromatic heterocycles. The van der Waals surface area contributed by atoms with Gasteiger partial charge in [0, 0.05) is 10.7 Å². The minimum atomic E-state index is -0.228. The first-order valence-electron chi connectivity index (χ1n) is 8.38. The highest BCUT2D eigenvalue weighted by Crippen LogP contribution is 2.27. The Bertz CT molecular complexity index is 1090. The summed E-state index contributed by atoms with van der Waals surface area (Å²) in [6.45, 7) is 2.01. The van der Waals surface area contributed by atoms with Gasteiger partial charge in [0.25, 0.3) is 5.91 Å². The van der Waals surface area contributed by atoms with E-state index in [2.05, 4.69) is 10.4 Å². The van der Waals surface area contributed by atoms with E-state index in [1.54, 1.807) is 34.2 Å². The predicted octanol–water partition coefficient (Wildman–Crippen LogP) is 5.81. The fourth-order valence-electron chi connectivity index (χ4n) is 2.72. The molecule has 6 heteroatoms. The molecule has 4 rings (SSSR count). The first-order chi connectivity index (χ1) is 13.1. The molecular formula is C21H16ClN3OS. The van der Waals surface area contributed by atoms with Gasteiger partial charge in [0.2, 0.25) is 0 Å². The number of carbonyl (C=O) groups is 1. The van der Waals surface area contributed by atoms with Crippen LogP contribution < -0.4 is 5.32 Å². The van der Waals surface area contributed by atoms with Crippen molar-refractivity contribution in [2.75, 3.05) is 5.32 Å². The van der Waals surface area contributed by atoms with E-state index in [1.165, 1.54) is 0 Å². The Kier molecular flexibility index (Phi) is 4.79. The number of hydrogen-bond acceptors (Lipinski definition) is 3. The van der Waals surface area contributed by atoms with Gasteiger partial charge in [-0.15, -0.1) is 11.3 Å². The predicted molar refractivity (Wildman–Crippen MR) is 111 cm³/mol. The minimum Gasteiger partial charge on any atom is -0.321 e. The third-order valence-electron chi connectivity index (χ3n) is 4.08. The minimum absolute atomic E-state index is 0.228. The summed E-state index contributed by atoms with van der Waals surface area (Å²) < 4.78 is 1.63. The molecule has 27 heavy (non-hydrogen) atoms. The second kappa shape index (κ2) is 7.39. The molecule has 4 nitrogen and oxygen atoms in total. The Morgan fingerprint density at radius 2 is 1.89 bits per heavy atom. The summed E-state index contributed by atoms with van der Waals surface area (Å²) in [6.07, 6.45) is 0. The number of nitrogens with zero attached hydrogens (tertiary/aromatic N) is 2. The van der Waals surface area contributed by atoms with E-state index < -0.39 is 0 Å². The molecule has 0 aliphatic carbocycles. The molecule has 0 bridgehead atoms. The fraction of sp³-hybridized carbons (Fsp3) is 0.0476. The second-order valence-electron chi connectivity index (χ2n) is 6.10. The number of aryl methyl sites for hydroxylation is 1. The van der Waals surface area contributed by atoms with E-state index in [-0.39, 0.29) is 5.91 Å². The van der Waals surface area contributed by atoms with Crippen LogP contribution in [0.4, 0.5) is 5.69 Å². The molecule has 1 amide bonds. The molecular weight excluding hydrogens is 378 g/mol. The van der Waals surface area contributed by atoms with Crippen molar-refractivity contribution in [1.29, 1.82) is 0 Å². The van der Waals surface area contributed by atoms with E-state index in [1.807, 2.05) is 60.8 Å². The number of carbonyl (C=O) groups excluding carboxylic acids is 1. The van der Waals surface area contributed by atoms with Crippen LogP contribution in [-0.2, 0) is 0 Å². The van der Waals surface area contributed by atoms with Gasteiger partial charge in [0.1, 0.15) is 11.4 Å². The largest absolute Gasteiger partial charge is 0.321 e. The van der Waals surface area contributed by atoms with Gasteiger partial charge in [0.05, 0.1) is 10.6 Å². The van der Waals surface area contributed by atoms with Gasteiger partial charge in [-0.1, -0.05) is 41.4 Å². The van der Waals surface area contributed by atoms with Crippen LogP contribution in [0.5, 0.6) is 0 Å². The Morgan fingerprint density at radius 1 is 1.07 bits per heavy atom. The quantitative estimate of drug-likeness (QED) is 0.475. The maximum Gasteiger partial charge on any atom is 0.274 e. The number of aromatic nitrogens is 2. The average molecular weight is 394 g/mol. The average Bonchev–Trinajstić information content (AvgIpc) is 3.33. The Morgan fingerprint density at radius 3 is 2.59 bits per heavy atom. The van der Waals surface area contributed by atoms with E-state index in [0.29, 0.717) is 10.7 Å². The summed E-state index contributed by atoms with van der Waals surface area (Å²) in [6, 6.07) is 20.7. The van der Waals surface area contributed by atoms with Gasteiger partial charge in [-0.25, -0.2) is 4.68 Å². The van der Waals surface area contributed by atoms with Crippen molar-refractivity contribution in [3.05, 3.63) is 88.4 Å². The zero-order valence-electron chi connectivity index (χ0n) is 14.5. The summed E-state index contributed by atoms with van der Waals surface area (Å²) in [4.78, 5) is 14.0. The summed E-state index contributed by atoms with van der Waals surface area (Å²) in [7, 11) is 0. The molecule has 1 N–H and O–H groups in total. The van der Waals surface area contributed by atoms with Crippen LogP contribution in [0.25, 0.3) is 16.3 Å². The van der Waals surface area contributed by atoms with Gasteiger partial charge in [-0.3, -0.25) is 4.79 Å². The first kappa shape index (κ1) is 17.5. The lowest BCUT2D eigenvalue weighted by molar-refractivity contribution is 0.101. The lowest BCUT2D eigenvalue weighted by Crippen LogP contribution is -2.16. The Hall–Kier alpha value is -2.89. The van der Waals surface area contributed by atoms with Crippen LogP contribution in [0, 0.1) is 6.92 Å². The topological polar surface area (TPSA) is 46.9 Å². The van der Waals surface area contributed by atoms with Crippen LogP contribution in [0.15, 0.2) is 72.1 Å². The molecule has 0 aliphatic rings. The molecule has 0 radical (unpaired) electrons. The van der Waals surface area contributed by atoms with Crippen molar-refractivity contribution in [2.45, 2.75) is 6.92 Å². The lowest BCUT2D eigenvalue weighted by atomic mass is 10.2. The summed E-state index contributed by atoms with van der Waals surface area (Å²) in [5.41, 5.74) is 3.80. The van der Waals surface area contributed by atoms with Crippen molar-refractivity contribution in [3.63, 3.8) is 0 Å². The number of thiophene rings is 1. The smallest absolute Gasteiger partial charge is 0.274 e. The van der Waals surface area contributed by atoms with E-state index in [9.17, 15) is 4.79 Å². The molecule has 4 aromatic rings. The number of anilines is 1. The monoisotopic (exact) mass is 393 g/mol. The van der Waals surface area contributed by atoms with Crippen LogP contribution in [0.3, 0.4) is 0 Å². The maximum atomic E-state index is 13.0. The zero-order valence-corrected chi connectivity index (χ0v) is 16.1. The summed E-state index contributed by atoms with van der Waals surface area (Å²) in [5, 5.41) is 10.2. The number of hydrogen-bond donors (Lipinski definition) is 1. The van der Waals surface area contributed by atoms with Gasteiger partial charge in [-0.2, -0.15) is 5.10 Å². The third-order valence-corrected chi connectivity index (χ3v) is 5.21.